The van der Waals surface area contributed by atoms with Gasteiger partial charge in [0, 0.05) is 78.5 Å². The van der Waals surface area contributed by atoms with Gasteiger partial charge in [-0.15, -0.1) is 0 Å². The van der Waals surface area contributed by atoms with E-state index < -0.39 is 44.8 Å². The fourth-order valence-electron chi connectivity index (χ4n) is 2.07. The summed E-state index contributed by atoms with van der Waals surface area (Å²) in [4.78, 5) is 44.5. The number of phosphoric acid groups is 1. The van der Waals surface area contributed by atoms with Crippen molar-refractivity contribution in [3.8, 4) is 0 Å². The number of nitrogens with zero attached hydrogens (tertiary/aromatic N) is 1. The average molecular weight is 354 g/mol. The predicted molar refractivity (Wildman–Crippen MR) is 69.2 cm³/mol. The Bertz CT molecular complexity index is 461. The molecule has 3 atom stereocenters. The smallest absolute Gasteiger partial charge is 0.326 e. The molecule has 2 rings (SSSR count). The predicted octanol–water partition coefficient (Wildman–Crippen LogP) is -3.51. The number of aliphatic hydroxyl groups is 1. The Labute approximate surface area is 170 Å². The number of hydrogen-bond acceptors (Lipinski definition) is 8. The van der Waals surface area contributed by atoms with Gasteiger partial charge in [-0.05, 0) is 0 Å². The molecule has 0 aromatic heterocycles. The van der Waals surface area contributed by atoms with Gasteiger partial charge in [-0.25, -0.2) is 4.79 Å². The van der Waals surface area contributed by atoms with Crippen molar-refractivity contribution in [1.82, 2.24) is 10.2 Å². The topological polar surface area (TPSA) is 151 Å². The van der Waals surface area contributed by atoms with Crippen LogP contribution in [-0.4, -0.2) is 113 Å². The summed E-state index contributed by atoms with van der Waals surface area (Å²) < 4.78 is 19.7. The summed E-state index contributed by atoms with van der Waals surface area (Å²) >= 11 is 0. The Morgan fingerprint density at radius 2 is 2.05 bits per heavy atom. The SMILES string of the molecule is O=C1CCN([C@H]2C[C@H](O)[C@@H](COP(=O)([O-])[O-])O2)C(=O)N1.[Na].[Na]. The number of carbonyl (C=O) groups is 2. The second kappa shape index (κ2) is 9.45. The molecule has 22 heavy (non-hydrogen) atoms. The molecule has 2 N–H and O–H groups in total. The number of rotatable bonds is 4. The number of carbonyl (C=O) groups excluding carboxylic acids is 2. The van der Waals surface area contributed by atoms with Crippen molar-refractivity contribution in [2.45, 2.75) is 31.3 Å². The Kier molecular flexibility index (Phi) is 9.87. The van der Waals surface area contributed by atoms with Crippen LogP contribution in [0, 0.1) is 0 Å². The van der Waals surface area contributed by atoms with E-state index in [-0.39, 0.29) is 78.5 Å². The number of imide groups is 1. The van der Waals surface area contributed by atoms with Crippen LogP contribution in [0.2, 0.25) is 0 Å². The first-order valence-electron chi connectivity index (χ1n) is 5.87. The quantitative estimate of drug-likeness (QED) is 0.390. The van der Waals surface area contributed by atoms with Gasteiger partial charge in [0.15, 0.2) is 0 Å². The summed E-state index contributed by atoms with van der Waals surface area (Å²) in [6.07, 6.45) is -2.75. The van der Waals surface area contributed by atoms with Crippen LogP contribution in [0.4, 0.5) is 4.79 Å². The van der Waals surface area contributed by atoms with Crippen LogP contribution in [0.15, 0.2) is 0 Å². The third kappa shape index (κ3) is 6.46. The van der Waals surface area contributed by atoms with Gasteiger partial charge >= 0.3 is 6.03 Å². The number of nitrogens with one attached hydrogen (secondary N) is 1. The van der Waals surface area contributed by atoms with E-state index in [9.17, 15) is 29.0 Å². The van der Waals surface area contributed by atoms with Crippen LogP contribution in [-0.2, 0) is 18.6 Å². The molecular formula is C9H13N2Na2O8P-2. The molecule has 0 spiro atoms. The summed E-state index contributed by atoms with van der Waals surface area (Å²) in [5.41, 5.74) is 0. The second-order valence-electron chi connectivity index (χ2n) is 4.47. The molecule has 0 aliphatic carbocycles. The molecule has 2 aliphatic rings. The van der Waals surface area contributed by atoms with E-state index in [1.54, 1.807) is 0 Å². The minimum absolute atomic E-state index is 0. The van der Waals surface area contributed by atoms with Crippen LogP contribution in [0.1, 0.15) is 12.8 Å². The summed E-state index contributed by atoms with van der Waals surface area (Å²) in [6, 6.07) is -0.640. The number of aliphatic hydroxyl groups excluding tert-OH is 1. The van der Waals surface area contributed by atoms with Gasteiger partial charge in [0.2, 0.25) is 5.91 Å². The van der Waals surface area contributed by atoms with Gasteiger partial charge in [-0.2, -0.15) is 0 Å². The van der Waals surface area contributed by atoms with E-state index in [0.29, 0.717) is 0 Å². The average Bonchev–Trinajstić information content (AvgIpc) is 2.67. The third-order valence-corrected chi connectivity index (χ3v) is 3.50. The molecule has 2 saturated heterocycles. The largest absolute Gasteiger partial charge is 0.790 e. The fraction of sp³-hybridized carbons (Fsp3) is 0.778. The number of urea groups is 1. The molecule has 10 nitrogen and oxygen atoms in total. The van der Waals surface area contributed by atoms with E-state index in [2.05, 4.69) is 9.84 Å². The maximum Gasteiger partial charge on any atom is 0.326 e. The van der Waals surface area contributed by atoms with Gasteiger partial charge in [-0.1, -0.05) is 0 Å². The molecule has 2 radical (unpaired) electrons. The molecule has 116 valence electrons. The van der Waals surface area contributed by atoms with Crippen LogP contribution in [0.3, 0.4) is 0 Å². The second-order valence-corrected chi connectivity index (χ2v) is 5.62. The van der Waals surface area contributed by atoms with Crippen LogP contribution in [0.5, 0.6) is 0 Å². The summed E-state index contributed by atoms with van der Waals surface area (Å²) in [5.74, 6) is -0.400. The van der Waals surface area contributed by atoms with Crippen molar-refractivity contribution >= 4 is 78.9 Å². The molecule has 0 aromatic carbocycles. The van der Waals surface area contributed by atoms with Crippen molar-refractivity contribution in [3.05, 3.63) is 0 Å². The Morgan fingerprint density at radius 1 is 1.41 bits per heavy atom. The van der Waals surface area contributed by atoms with Crippen LogP contribution >= 0.6 is 7.82 Å². The van der Waals surface area contributed by atoms with Gasteiger partial charge < -0.3 is 28.7 Å². The Hall–Kier alpha value is 0.970. The van der Waals surface area contributed by atoms with Crippen molar-refractivity contribution in [2.24, 2.45) is 0 Å². The minimum Gasteiger partial charge on any atom is -0.790 e. The number of hydrogen-bond donors (Lipinski definition) is 2. The molecule has 0 bridgehead atoms. The van der Waals surface area contributed by atoms with Gasteiger partial charge in [-0.3, -0.25) is 15.0 Å². The molecule has 0 unspecified atom stereocenters. The zero-order valence-corrected chi connectivity index (χ0v) is 17.2. The molecule has 2 heterocycles. The molecule has 0 saturated carbocycles. The summed E-state index contributed by atoms with van der Waals surface area (Å²) in [6.45, 7) is -0.479. The number of phosphoric ester groups is 1. The van der Waals surface area contributed by atoms with Crippen molar-refractivity contribution in [3.63, 3.8) is 0 Å². The summed E-state index contributed by atoms with van der Waals surface area (Å²) in [7, 11) is -5.15. The Morgan fingerprint density at radius 3 is 2.59 bits per heavy atom. The first kappa shape index (κ1) is 23.0. The van der Waals surface area contributed by atoms with E-state index in [1.165, 1.54) is 4.90 Å². The fourth-order valence-corrected chi connectivity index (χ4v) is 2.40. The number of amides is 3. The van der Waals surface area contributed by atoms with E-state index in [1.807, 2.05) is 0 Å². The van der Waals surface area contributed by atoms with Crippen molar-refractivity contribution < 1.29 is 38.3 Å². The maximum absolute atomic E-state index is 11.6. The van der Waals surface area contributed by atoms with E-state index in [0.717, 1.165) is 0 Å². The number of ether oxygens (including phenoxy) is 1. The first-order valence-corrected chi connectivity index (χ1v) is 7.33. The normalized spacial score (nSPS) is 28.7. The standard InChI is InChI=1S/C9H15N2O8P.2Na/c12-5-3-8(11-2-1-7(13)10-9(11)14)19-6(5)4-18-20(15,16)17;;/h5-6,8,12H,1-4H2,(H,10,13,14)(H2,15,16,17);;/p-2/t5-,6+,8+;;/m0../s1. The zero-order chi connectivity index (χ0) is 14.9. The Balaban J connectivity index is 0.00000220. The van der Waals surface area contributed by atoms with E-state index in [4.69, 9.17) is 4.74 Å². The van der Waals surface area contributed by atoms with E-state index >= 15 is 0 Å². The zero-order valence-electron chi connectivity index (χ0n) is 12.3. The molecule has 13 heteroatoms. The van der Waals surface area contributed by atoms with Crippen molar-refractivity contribution in [1.29, 1.82) is 0 Å². The third-order valence-electron chi connectivity index (χ3n) is 3.04. The monoisotopic (exact) mass is 354 g/mol. The summed E-state index contributed by atoms with van der Waals surface area (Å²) in [5, 5.41) is 11.8. The van der Waals surface area contributed by atoms with Gasteiger partial charge in [0.25, 0.3) is 0 Å². The van der Waals surface area contributed by atoms with Gasteiger partial charge in [0.1, 0.15) is 12.3 Å². The molecule has 2 aliphatic heterocycles. The minimum atomic E-state index is -5.15. The van der Waals surface area contributed by atoms with Crippen molar-refractivity contribution in [2.75, 3.05) is 13.2 Å². The molecule has 2 fully saturated rings. The van der Waals surface area contributed by atoms with Crippen LogP contribution < -0.4 is 15.1 Å². The molecular weight excluding hydrogens is 341 g/mol. The molecule has 0 aromatic rings. The molecule has 3 amide bonds. The van der Waals surface area contributed by atoms with Gasteiger partial charge in [0.05, 0.1) is 20.5 Å². The van der Waals surface area contributed by atoms with Crippen LogP contribution in [0.25, 0.3) is 0 Å². The first-order chi connectivity index (χ1) is 9.26. The maximum atomic E-state index is 11.6.